The van der Waals surface area contributed by atoms with Gasteiger partial charge in [0.1, 0.15) is 0 Å². The molecule has 1 N–H and O–H groups in total. The van der Waals surface area contributed by atoms with Crippen molar-refractivity contribution in [2.45, 2.75) is 19.4 Å². The molecule has 1 heterocycles. The Bertz CT molecular complexity index is 592. The summed E-state index contributed by atoms with van der Waals surface area (Å²) in [5, 5.41) is 11.5. The van der Waals surface area contributed by atoms with Crippen molar-refractivity contribution >= 4 is 23.8 Å². The Morgan fingerprint density at radius 3 is 2.57 bits per heavy atom. The van der Waals surface area contributed by atoms with Crippen molar-refractivity contribution < 1.29 is 24.2 Å². The molecular formula is C15H19N3O5. The van der Waals surface area contributed by atoms with Crippen molar-refractivity contribution in [3.63, 3.8) is 0 Å². The second-order valence-electron chi connectivity index (χ2n) is 5.10. The van der Waals surface area contributed by atoms with Crippen molar-refractivity contribution in [3.8, 4) is 0 Å². The minimum atomic E-state index is -1.30. The summed E-state index contributed by atoms with van der Waals surface area (Å²) in [6.45, 7) is 2.17. The summed E-state index contributed by atoms with van der Waals surface area (Å²) in [5.74, 6) is -0.469. The number of carbonyl (C=O) groups excluding carboxylic acids is 2. The average molecular weight is 321 g/mol. The monoisotopic (exact) mass is 321 g/mol. The molecule has 1 fully saturated rings. The molecule has 1 aliphatic heterocycles. The first kappa shape index (κ1) is 16.6. The molecule has 1 aliphatic rings. The van der Waals surface area contributed by atoms with Gasteiger partial charge in [-0.05, 0) is 19.1 Å². The molecule has 0 radical (unpaired) electrons. The number of carbonyl (C=O) groups is 3. The number of hydrogen-bond acceptors (Lipinski definition) is 4. The zero-order valence-electron chi connectivity index (χ0n) is 13.0. The van der Waals surface area contributed by atoms with E-state index in [0.717, 1.165) is 10.0 Å². The quantitative estimate of drug-likeness (QED) is 0.835. The van der Waals surface area contributed by atoms with E-state index < -0.39 is 24.1 Å². The summed E-state index contributed by atoms with van der Waals surface area (Å²) in [5.41, 5.74) is 0.331. The third kappa shape index (κ3) is 3.53. The largest absolute Gasteiger partial charge is 0.466 e. The second-order valence-corrected chi connectivity index (χ2v) is 5.10. The first-order valence-corrected chi connectivity index (χ1v) is 7.23. The van der Waals surface area contributed by atoms with E-state index in [1.165, 1.54) is 4.90 Å². The maximum Gasteiger partial charge on any atom is 0.431 e. The van der Waals surface area contributed by atoms with E-state index in [0.29, 0.717) is 5.69 Å². The number of anilines is 1. The number of ether oxygens (including phenoxy) is 1. The molecule has 2 rings (SSSR count). The van der Waals surface area contributed by atoms with Crippen molar-refractivity contribution in [1.82, 2.24) is 9.91 Å². The van der Waals surface area contributed by atoms with Crippen LogP contribution in [0.5, 0.6) is 0 Å². The van der Waals surface area contributed by atoms with Gasteiger partial charge in [-0.3, -0.25) is 4.79 Å². The van der Waals surface area contributed by atoms with Gasteiger partial charge in [-0.25, -0.2) is 14.6 Å². The van der Waals surface area contributed by atoms with E-state index in [9.17, 15) is 19.5 Å². The smallest absolute Gasteiger partial charge is 0.431 e. The lowest BCUT2D eigenvalue weighted by Crippen LogP contribution is -2.52. The maximum absolute atomic E-state index is 12.4. The van der Waals surface area contributed by atoms with Crippen LogP contribution in [0.15, 0.2) is 30.3 Å². The van der Waals surface area contributed by atoms with Crippen LogP contribution < -0.4 is 5.01 Å². The van der Waals surface area contributed by atoms with Crippen LogP contribution in [0, 0.1) is 0 Å². The molecule has 0 saturated carbocycles. The van der Waals surface area contributed by atoms with Gasteiger partial charge in [0.2, 0.25) is 0 Å². The van der Waals surface area contributed by atoms with E-state index >= 15 is 0 Å². The second kappa shape index (κ2) is 6.99. The average Bonchev–Trinajstić information content (AvgIpc) is 2.76. The van der Waals surface area contributed by atoms with Gasteiger partial charge in [0.05, 0.1) is 24.8 Å². The van der Waals surface area contributed by atoms with Crippen LogP contribution >= 0.6 is 0 Å². The molecule has 1 aromatic rings. The Morgan fingerprint density at radius 2 is 2.00 bits per heavy atom. The lowest BCUT2D eigenvalue weighted by atomic mass is 10.2. The SMILES string of the molecule is CCOC(=O)CC1CN(C)C(=O)N1N(C(=O)O)c1ccccc1. The Morgan fingerprint density at radius 1 is 1.35 bits per heavy atom. The molecule has 1 saturated heterocycles. The summed E-state index contributed by atoms with van der Waals surface area (Å²) >= 11 is 0. The van der Waals surface area contributed by atoms with Gasteiger partial charge >= 0.3 is 18.1 Å². The van der Waals surface area contributed by atoms with Gasteiger partial charge in [0, 0.05) is 13.6 Å². The van der Waals surface area contributed by atoms with E-state index in [4.69, 9.17) is 4.74 Å². The zero-order chi connectivity index (χ0) is 17.0. The molecule has 23 heavy (non-hydrogen) atoms. The number of benzene rings is 1. The normalized spacial score (nSPS) is 17.3. The van der Waals surface area contributed by atoms with Gasteiger partial charge < -0.3 is 14.7 Å². The fraction of sp³-hybridized carbons (Fsp3) is 0.400. The van der Waals surface area contributed by atoms with Crippen molar-refractivity contribution in [2.24, 2.45) is 0 Å². The summed E-state index contributed by atoms with van der Waals surface area (Å²) in [7, 11) is 1.56. The molecule has 0 aliphatic carbocycles. The molecule has 1 aromatic carbocycles. The first-order chi connectivity index (χ1) is 11.0. The van der Waals surface area contributed by atoms with Crippen LogP contribution in [0.25, 0.3) is 0 Å². The Labute approximate surface area is 133 Å². The van der Waals surface area contributed by atoms with E-state index in [2.05, 4.69) is 0 Å². The number of hydrazine groups is 1. The molecule has 1 atom stereocenters. The van der Waals surface area contributed by atoms with Crippen LogP contribution in [-0.4, -0.2) is 59.4 Å². The highest BCUT2D eigenvalue weighted by atomic mass is 16.5. The number of hydrogen-bond donors (Lipinski definition) is 1. The number of carboxylic acid groups (broad SMARTS) is 1. The van der Waals surface area contributed by atoms with E-state index in [1.54, 1.807) is 44.3 Å². The molecule has 8 heteroatoms. The summed E-state index contributed by atoms with van der Waals surface area (Å²) in [6, 6.07) is 7.18. The van der Waals surface area contributed by atoms with E-state index in [-0.39, 0.29) is 19.6 Å². The predicted octanol–water partition coefficient (Wildman–Crippen LogP) is 1.78. The number of esters is 1. The van der Waals surface area contributed by atoms with Crippen LogP contribution in [-0.2, 0) is 9.53 Å². The summed E-state index contributed by atoms with van der Waals surface area (Å²) < 4.78 is 4.91. The van der Waals surface area contributed by atoms with Gasteiger partial charge in [0.25, 0.3) is 0 Å². The van der Waals surface area contributed by atoms with E-state index in [1.807, 2.05) is 0 Å². The lowest BCUT2D eigenvalue weighted by Gasteiger charge is -2.32. The summed E-state index contributed by atoms with van der Waals surface area (Å²) in [6.07, 6.45) is -1.37. The van der Waals surface area contributed by atoms with Crippen LogP contribution in [0.4, 0.5) is 15.3 Å². The number of rotatable bonds is 5. The Kier molecular flexibility index (Phi) is 5.05. The number of urea groups is 1. The molecule has 0 bridgehead atoms. The van der Waals surface area contributed by atoms with Gasteiger partial charge in [-0.1, -0.05) is 18.2 Å². The molecule has 1 unspecified atom stereocenters. The highest BCUT2D eigenvalue weighted by Crippen LogP contribution is 2.25. The molecule has 0 aromatic heterocycles. The number of nitrogens with zero attached hydrogens (tertiary/aromatic N) is 3. The van der Waals surface area contributed by atoms with Crippen molar-refractivity contribution in [1.29, 1.82) is 0 Å². The minimum Gasteiger partial charge on any atom is -0.466 e. The third-order valence-corrected chi connectivity index (χ3v) is 3.46. The molecular weight excluding hydrogens is 302 g/mol. The van der Waals surface area contributed by atoms with Gasteiger partial charge in [-0.15, -0.1) is 0 Å². The highest BCUT2D eigenvalue weighted by Gasteiger charge is 2.43. The maximum atomic E-state index is 12.4. The molecule has 3 amide bonds. The summed E-state index contributed by atoms with van der Waals surface area (Å²) in [4.78, 5) is 37.2. The van der Waals surface area contributed by atoms with Crippen LogP contribution in [0.2, 0.25) is 0 Å². The zero-order valence-corrected chi connectivity index (χ0v) is 13.0. The number of para-hydroxylation sites is 1. The molecule has 124 valence electrons. The van der Waals surface area contributed by atoms with Gasteiger partial charge in [-0.2, -0.15) is 5.01 Å². The fourth-order valence-corrected chi connectivity index (χ4v) is 2.51. The van der Waals surface area contributed by atoms with Crippen LogP contribution in [0.3, 0.4) is 0 Å². The van der Waals surface area contributed by atoms with Crippen LogP contribution in [0.1, 0.15) is 13.3 Å². The fourth-order valence-electron chi connectivity index (χ4n) is 2.51. The van der Waals surface area contributed by atoms with Gasteiger partial charge in [0.15, 0.2) is 0 Å². The predicted molar refractivity (Wildman–Crippen MR) is 81.8 cm³/mol. The highest BCUT2D eigenvalue weighted by molar-refractivity contribution is 5.92. The Hall–Kier alpha value is -2.77. The molecule has 8 nitrogen and oxygen atoms in total. The minimum absolute atomic E-state index is 0.0689. The number of amides is 3. The lowest BCUT2D eigenvalue weighted by molar-refractivity contribution is -0.144. The topological polar surface area (TPSA) is 90.4 Å². The number of likely N-dealkylation sites (N-methyl/N-ethyl adjacent to an activating group) is 1. The first-order valence-electron chi connectivity index (χ1n) is 7.23. The standard InChI is InChI=1S/C15H19N3O5/c1-3-23-13(19)9-12-10-16(2)14(20)17(12)18(15(21)22)11-7-5-4-6-8-11/h4-8,12H,3,9-10H2,1-2H3,(H,21,22). The van der Waals surface area contributed by atoms with Crippen molar-refractivity contribution in [3.05, 3.63) is 30.3 Å². The third-order valence-electron chi connectivity index (χ3n) is 3.46. The Balaban J connectivity index is 2.31. The van der Waals surface area contributed by atoms with Crippen molar-refractivity contribution in [2.75, 3.05) is 25.2 Å². The molecule has 0 spiro atoms.